The first-order valence-corrected chi connectivity index (χ1v) is 5.04. The van der Waals surface area contributed by atoms with Crippen LogP contribution in [0.4, 0.5) is 0 Å². The van der Waals surface area contributed by atoms with Gasteiger partial charge in [0.1, 0.15) is 11.4 Å². The molecule has 3 N–H and O–H groups in total. The molecule has 0 aliphatic rings. The van der Waals surface area contributed by atoms with Gasteiger partial charge in [0.2, 0.25) is 0 Å². The number of hydrogen-bond acceptors (Lipinski definition) is 5. The zero-order chi connectivity index (χ0) is 14.3. The Morgan fingerprint density at radius 1 is 1.21 bits per heavy atom. The Bertz CT molecular complexity index is 777. The lowest BCUT2D eigenvalue weighted by atomic mass is 10.1. The van der Waals surface area contributed by atoms with Gasteiger partial charge < -0.3 is 15.3 Å². The van der Waals surface area contributed by atoms with Crippen LogP contribution >= 0.6 is 0 Å². The molecule has 8 nitrogen and oxygen atoms in total. The number of aromatic carboxylic acids is 2. The van der Waals surface area contributed by atoms with Gasteiger partial charge in [-0.1, -0.05) is 0 Å². The summed E-state index contributed by atoms with van der Waals surface area (Å²) in [5, 5.41) is 27.5. The van der Waals surface area contributed by atoms with Crippen LogP contribution in [0.3, 0.4) is 0 Å². The molecule has 2 heterocycles. The Hall–Kier alpha value is -2.90. The van der Waals surface area contributed by atoms with Crippen LogP contribution in [0.1, 0.15) is 20.8 Å². The Balaban J connectivity index is 2.98. The van der Waals surface area contributed by atoms with E-state index in [9.17, 15) is 19.5 Å². The molecule has 0 radical (unpaired) electrons. The van der Waals surface area contributed by atoms with Crippen molar-refractivity contribution in [3.63, 3.8) is 0 Å². The minimum Gasteiger partial charge on any atom is -0.506 e. The molecule has 0 aromatic carbocycles. The van der Waals surface area contributed by atoms with Crippen molar-refractivity contribution < 1.29 is 24.9 Å². The first kappa shape index (κ1) is 12.6. The predicted octanol–water partition coefficient (Wildman–Crippen LogP) is 0.0355. The molecule has 0 amide bonds. The van der Waals surface area contributed by atoms with Gasteiger partial charge in [0.15, 0.2) is 11.3 Å². The van der Waals surface area contributed by atoms with E-state index in [0.29, 0.717) is 0 Å². The number of carboxylic acids is 2. The van der Waals surface area contributed by atoms with E-state index in [0.717, 1.165) is 10.6 Å². The number of aromatic hydroxyl groups is 1. The molecule has 0 bridgehead atoms. The van der Waals surface area contributed by atoms with Crippen molar-refractivity contribution in [2.75, 3.05) is 0 Å². The Morgan fingerprint density at radius 3 is 2.37 bits per heavy atom. The molecule has 0 saturated heterocycles. The molecule has 0 atom stereocenters. The number of pyridine rings is 2. The fraction of sp³-hybridized carbons (Fsp3) is 0.0909. The maximum atomic E-state index is 11.8. The normalized spacial score (nSPS) is 10.6. The molecule has 2 aromatic heterocycles. The van der Waals surface area contributed by atoms with Crippen molar-refractivity contribution in [2.45, 2.75) is 0 Å². The minimum atomic E-state index is -1.57. The number of rotatable bonds is 2. The fourth-order valence-electron chi connectivity index (χ4n) is 1.70. The van der Waals surface area contributed by atoms with E-state index in [1.165, 1.54) is 13.1 Å². The first-order chi connectivity index (χ1) is 8.84. The SMILES string of the molecule is Cn1c(=O)c(C(=O)O)c(O)c2ccc(C(=O)O)nc21. The maximum absolute atomic E-state index is 11.8. The van der Waals surface area contributed by atoms with Crippen LogP contribution in [0.15, 0.2) is 16.9 Å². The van der Waals surface area contributed by atoms with Gasteiger partial charge in [-0.2, -0.15) is 0 Å². The van der Waals surface area contributed by atoms with Crippen molar-refractivity contribution in [1.82, 2.24) is 9.55 Å². The highest BCUT2D eigenvalue weighted by Gasteiger charge is 2.21. The summed E-state index contributed by atoms with van der Waals surface area (Å²) in [5.74, 6) is -3.59. The van der Waals surface area contributed by atoms with Crippen LogP contribution in [0.25, 0.3) is 11.0 Å². The van der Waals surface area contributed by atoms with Gasteiger partial charge in [-0.15, -0.1) is 0 Å². The average molecular weight is 264 g/mol. The molecule has 0 spiro atoms. The molecule has 0 saturated carbocycles. The van der Waals surface area contributed by atoms with E-state index in [-0.39, 0.29) is 16.7 Å². The van der Waals surface area contributed by atoms with E-state index < -0.39 is 28.8 Å². The number of carbonyl (C=O) groups is 2. The van der Waals surface area contributed by atoms with Crippen molar-refractivity contribution in [1.29, 1.82) is 0 Å². The largest absolute Gasteiger partial charge is 0.506 e. The summed E-state index contributed by atoms with van der Waals surface area (Å²) in [7, 11) is 1.25. The number of nitrogens with zero attached hydrogens (tertiary/aromatic N) is 2. The molecule has 0 unspecified atom stereocenters. The molecule has 0 fully saturated rings. The zero-order valence-corrected chi connectivity index (χ0v) is 9.62. The Labute approximate surface area is 105 Å². The maximum Gasteiger partial charge on any atom is 0.354 e. The van der Waals surface area contributed by atoms with Gasteiger partial charge in [0.25, 0.3) is 5.56 Å². The summed E-state index contributed by atoms with van der Waals surface area (Å²) < 4.78 is 0.880. The average Bonchev–Trinajstić information content (AvgIpc) is 2.35. The fourth-order valence-corrected chi connectivity index (χ4v) is 1.70. The van der Waals surface area contributed by atoms with E-state index in [1.807, 2.05) is 0 Å². The lowest BCUT2D eigenvalue weighted by molar-refractivity contribution is 0.0679. The lowest BCUT2D eigenvalue weighted by Crippen LogP contribution is -2.25. The van der Waals surface area contributed by atoms with Gasteiger partial charge in [0.05, 0.1) is 5.39 Å². The summed E-state index contributed by atoms with van der Waals surface area (Å²) in [6.45, 7) is 0. The van der Waals surface area contributed by atoms with E-state index in [4.69, 9.17) is 10.2 Å². The third kappa shape index (κ3) is 1.79. The summed E-state index contributed by atoms with van der Waals surface area (Å²) in [4.78, 5) is 37.2. The van der Waals surface area contributed by atoms with Crippen LogP contribution < -0.4 is 5.56 Å². The third-order valence-corrected chi connectivity index (χ3v) is 2.64. The highest BCUT2D eigenvalue weighted by molar-refractivity contribution is 5.98. The molecule has 2 aromatic rings. The third-order valence-electron chi connectivity index (χ3n) is 2.64. The zero-order valence-electron chi connectivity index (χ0n) is 9.62. The number of aryl methyl sites for hydroxylation is 1. The second kappa shape index (κ2) is 4.09. The monoisotopic (exact) mass is 264 g/mol. The van der Waals surface area contributed by atoms with E-state index >= 15 is 0 Å². The Kier molecular flexibility index (Phi) is 2.70. The smallest absolute Gasteiger partial charge is 0.354 e. The molecular formula is C11H8N2O6. The second-order valence-corrected chi connectivity index (χ2v) is 3.77. The highest BCUT2D eigenvalue weighted by Crippen LogP contribution is 2.25. The van der Waals surface area contributed by atoms with Crippen LogP contribution in [-0.2, 0) is 7.05 Å². The summed E-state index contributed by atoms with van der Waals surface area (Å²) >= 11 is 0. The number of carboxylic acid groups (broad SMARTS) is 2. The molecule has 19 heavy (non-hydrogen) atoms. The second-order valence-electron chi connectivity index (χ2n) is 3.77. The van der Waals surface area contributed by atoms with Gasteiger partial charge in [-0.3, -0.25) is 9.36 Å². The van der Waals surface area contributed by atoms with Gasteiger partial charge >= 0.3 is 11.9 Å². The van der Waals surface area contributed by atoms with Gasteiger partial charge in [-0.05, 0) is 12.1 Å². The quantitative estimate of drug-likeness (QED) is 0.697. The first-order valence-electron chi connectivity index (χ1n) is 5.04. The number of hydrogen-bond donors (Lipinski definition) is 3. The van der Waals surface area contributed by atoms with Crippen LogP contribution in [0, 0.1) is 0 Å². The van der Waals surface area contributed by atoms with Crippen LogP contribution in [0.2, 0.25) is 0 Å². The summed E-state index contributed by atoms with van der Waals surface area (Å²) in [6, 6.07) is 2.31. The van der Waals surface area contributed by atoms with Crippen molar-refractivity contribution in [3.05, 3.63) is 33.7 Å². The Morgan fingerprint density at radius 2 is 1.84 bits per heavy atom. The molecule has 8 heteroatoms. The van der Waals surface area contributed by atoms with E-state index in [1.54, 1.807) is 0 Å². The topological polar surface area (TPSA) is 130 Å². The van der Waals surface area contributed by atoms with Gasteiger partial charge in [-0.25, -0.2) is 14.6 Å². The molecule has 2 rings (SSSR count). The standard InChI is InChI=1S/C11H8N2O6/c1-13-8-4(2-3-5(12-8)10(16)17)7(14)6(9(13)15)11(18)19/h2-3,14H,1H3,(H,16,17)(H,18,19). The summed E-state index contributed by atoms with van der Waals surface area (Å²) in [6.07, 6.45) is 0. The molecule has 0 aliphatic carbocycles. The van der Waals surface area contributed by atoms with Crippen molar-refractivity contribution in [3.8, 4) is 5.75 Å². The van der Waals surface area contributed by atoms with Crippen LogP contribution in [-0.4, -0.2) is 36.8 Å². The molecular weight excluding hydrogens is 256 g/mol. The minimum absolute atomic E-state index is 0.00972. The molecule has 0 aliphatic heterocycles. The predicted molar refractivity (Wildman–Crippen MR) is 62.6 cm³/mol. The number of fused-ring (bicyclic) bond motifs is 1. The summed E-state index contributed by atoms with van der Waals surface area (Å²) in [5.41, 5.74) is -2.16. The van der Waals surface area contributed by atoms with E-state index in [2.05, 4.69) is 4.98 Å². The lowest BCUT2D eigenvalue weighted by Gasteiger charge is -2.09. The molecule has 98 valence electrons. The highest BCUT2D eigenvalue weighted by atomic mass is 16.4. The van der Waals surface area contributed by atoms with Crippen molar-refractivity contribution in [2.24, 2.45) is 7.05 Å². The van der Waals surface area contributed by atoms with Crippen LogP contribution in [0.5, 0.6) is 5.75 Å². The van der Waals surface area contributed by atoms with Gasteiger partial charge in [0, 0.05) is 7.05 Å². The van der Waals surface area contributed by atoms with Crippen molar-refractivity contribution >= 4 is 23.0 Å². The number of aromatic nitrogens is 2.